The molecule has 0 amide bonds. The van der Waals surface area contributed by atoms with Gasteiger partial charge in [0.05, 0.1) is 6.61 Å². The Morgan fingerprint density at radius 2 is 1.74 bits per heavy atom. The van der Waals surface area contributed by atoms with Crippen molar-refractivity contribution in [1.82, 2.24) is 5.32 Å². The van der Waals surface area contributed by atoms with Crippen molar-refractivity contribution in [3.05, 3.63) is 54.1 Å². The number of aryl methyl sites for hydroxylation is 1. The lowest BCUT2D eigenvalue weighted by molar-refractivity contribution is 0.313. The van der Waals surface area contributed by atoms with Crippen LogP contribution in [0, 0.1) is 6.92 Å². The zero-order valence-corrected chi connectivity index (χ0v) is 14.1. The summed E-state index contributed by atoms with van der Waals surface area (Å²) in [7, 11) is 0. The summed E-state index contributed by atoms with van der Waals surface area (Å²) in [5.41, 5.74) is 1.30. The summed E-state index contributed by atoms with van der Waals surface area (Å²) in [6.07, 6.45) is 2.22. The summed E-state index contributed by atoms with van der Waals surface area (Å²) < 4.78 is 6.24. The standard InChI is InChI=1S/C21H25NO/c1-3-22-13-6-7-14-23-21-18-11-5-4-10-17(18)15-20-16(2)9-8-12-19(20)21/h4-5,8-12,15,22H,3,6-7,13-14H2,1-2H3. The van der Waals surface area contributed by atoms with Gasteiger partial charge in [-0.05, 0) is 55.3 Å². The third kappa shape index (κ3) is 3.48. The third-order valence-electron chi connectivity index (χ3n) is 4.32. The van der Waals surface area contributed by atoms with E-state index in [0.29, 0.717) is 0 Å². The van der Waals surface area contributed by atoms with Gasteiger partial charge in [-0.25, -0.2) is 0 Å². The second kappa shape index (κ2) is 7.47. The van der Waals surface area contributed by atoms with Crippen LogP contribution in [0.4, 0.5) is 0 Å². The highest BCUT2D eigenvalue weighted by atomic mass is 16.5. The lowest BCUT2D eigenvalue weighted by Crippen LogP contribution is -2.14. The Hall–Kier alpha value is -2.06. The van der Waals surface area contributed by atoms with Crippen molar-refractivity contribution in [3.63, 3.8) is 0 Å². The molecule has 0 saturated carbocycles. The quantitative estimate of drug-likeness (QED) is 0.486. The number of rotatable bonds is 7. The van der Waals surface area contributed by atoms with E-state index >= 15 is 0 Å². The molecule has 0 aromatic heterocycles. The second-order valence-corrected chi connectivity index (χ2v) is 6.01. The zero-order chi connectivity index (χ0) is 16.1. The Kier molecular flexibility index (Phi) is 5.14. The highest BCUT2D eigenvalue weighted by Crippen LogP contribution is 2.36. The molecule has 3 aromatic rings. The second-order valence-electron chi connectivity index (χ2n) is 6.01. The molecule has 23 heavy (non-hydrogen) atoms. The lowest BCUT2D eigenvalue weighted by Gasteiger charge is -2.14. The number of nitrogens with one attached hydrogen (secondary N) is 1. The van der Waals surface area contributed by atoms with Crippen molar-refractivity contribution >= 4 is 21.5 Å². The SMILES string of the molecule is CCNCCCCOc1c2ccccc2cc2c(C)cccc12. The summed E-state index contributed by atoms with van der Waals surface area (Å²) in [4.78, 5) is 0. The molecule has 2 nitrogen and oxygen atoms in total. The van der Waals surface area contributed by atoms with Crippen molar-refractivity contribution in [2.24, 2.45) is 0 Å². The summed E-state index contributed by atoms with van der Waals surface area (Å²) in [6.45, 7) is 7.17. The molecule has 1 N–H and O–H groups in total. The van der Waals surface area contributed by atoms with Crippen LogP contribution in [0.3, 0.4) is 0 Å². The van der Waals surface area contributed by atoms with Gasteiger partial charge >= 0.3 is 0 Å². The molecule has 3 aromatic carbocycles. The molecule has 0 spiro atoms. The van der Waals surface area contributed by atoms with Crippen molar-refractivity contribution < 1.29 is 4.74 Å². The number of hydrogen-bond acceptors (Lipinski definition) is 2. The third-order valence-corrected chi connectivity index (χ3v) is 4.32. The van der Waals surface area contributed by atoms with Crippen molar-refractivity contribution in [1.29, 1.82) is 0 Å². The smallest absolute Gasteiger partial charge is 0.134 e. The fourth-order valence-corrected chi connectivity index (χ4v) is 3.06. The Morgan fingerprint density at radius 1 is 0.913 bits per heavy atom. The molecule has 3 rings (SSSR count). The average molecular weight is 307 g/mol. The highest BCUT2D eigenvalue weighted by Gasteiger charge is 2.09. The van der Waals surface area contributed by atoms with Gasteiger partial charge in [-0.3, -0.25) is 0 Å². The van der Waals surface area contributed by atoms with E-state index in [4.69, 9.17) is 4.74 Å². The van der Waals surface area contributed by atoms with Gasteiger partial charge in [0.15, 0.2) is 0 Å². The minimum absolute atomic E-state index is 0.766. The molecule has 0 radical (unpaired) electrons. The van der Waals surface area contributed by atoms with Crippen LogP contribution in [-0.2, 0) is 0 Å². The first-order valence-electron chi connectivity index (χ1n) is 8.56. The first kappa shape index (κ1) is 15.8. The minimum Gasteiger partial charge on any atom is -0.492 e. The molecule has 2 heteroatoms. The molecular weight excluding hydrogens is 282 g/mol. The highest BCUT2D eigenvalue weighted by molar-refractivity contribution is 6.06. The first-order chi connectivity index (χ1) is 11.3. The van der Waals surface area contributed by atoms with Crippen molar-refractivity contribution in [2.45, 2.75) is 26.7 Å². The van der Waals surface area contributed by atoms with Crippen LogP contribution in [0.2, 0.25) is 0 Å². The van der Waals surface area contributed by atoms with Crippen LogP contribution in [0.5, 0.6) is 5.75 Å². The molecule has 0 heterocycles. The molecule has 0 saturated heterocycles. The minimum atomic E-state index is 0.766. The summed E-state index contributed by atoms with van der Waals surface area (Å²) >= 11 is 0. The number of ether oxygens (including phenoxy) is 1. The Balaban J connectivity index is 1.90. The van der Waals surface area contributed by atoms with E-state index in [9.17, 15) is 0 Å². The van der Waals surface area contributed by atoms with Gasteiger partial charge in [0, 0.05) is 10.8 Å². The predicted molar refractivity (Wildman–Crippen MR) is 99.5 cm³/mol. The number of fused-ring (bicyclic) bond motifs is 2. The van der Waals surface area contributed by atoms with Crippen LogP contribution in [0.25, 0.3) is 21.5 Å². The van der Waals surface area contributed by atoms with E-state index in [1.54, 1.807) is 0 Å². The maximum atomic E-state index is 6.24. The van der Waals surface area contributed by atoms with Crippen LogP contribution in [-0.4, -0.2) is 19.7 Å². The maximum absolute atomic E-state index is 6.24. The van der Waals surface area contributed by atoms with Gasteiger partial charge in [-0.15, -0.1) is 0 Å². The maximum Gasteiger partial charge on any atom is 0.134 e. The first-order valence-corrected chi connectivity index (χ1v) is 8.56. The van der Waals surface area contributed by atoms with Crippen LogP contribution in [0.1, 0.15) is 25.3 Å². The predicted octanol–water partition coefficient (Wildman–Crippen LogP) is 5.07. The monoisotopic (exact) mass is 307 g/mol. The zero-order valence-electron chi connectivity index (χ0n) is 14.1. The average Bonchev–Trinajstić information content (AvgIpc) is 2.58. The molecule has 0 aliphatic rings. The molecular formula is C21H25NO. The van der Waals surface area contributed by atoms with Gasteiger partial charge in [-0.1, -0.05) is 49.4 Å². The Bertz CT molecular complexity index is 794. The van der Waals surface area contributed by atoms with Crippen molar-refractivity contribution in [2.75, 3.05) is 19.7 Å². The van der Waals surface area contributed by atoms with E-state index in [0.717, 1.165) is 38.3 Å². The van der Waals surface area contributed by atoms with Crippen LogP contribution >= 0.6 is 0 Å². The van der Waals surface area contributed by atoms with Gasteiger partial charge in [0.2, 0.25) is 0 Å². The largest absolute Gasteiger partial charge is 0.492 e. The fraction of sp³-hybridized carbons (Fsp3) is 0.333. The van der Waals surface area contributed by atoms with Crippen molar-refractivity contribution in [3.8, 4) is 5.75 Å². The van der Waals surface area contributed by atoms with E-state index in [1.807, 2.05) is 0 Å². The van der Waals surface area contributed by atoms with E-state index in [-0.39, 0.29) is 0 Å². The molecule has 0 aliphatic heterocycles. The summed E-state index contributed by atoms with van der Waals surface area (Å²) in [6, 6.07) is 17.2. The van der Waals surface area contributed by atoms with E-state index in [2.05, 4.69) is 67.7 Å². The number of benzene rings is 3. The molecule has 0 atom stereocenters. The lowest BCUT2D eigenvalue weighted by atomic mass is 9.99. The fourth-order valence-electron chi connectivity index (χ4n) is 3.06. The van der Waals surface area contributed by atoms with Gasteiger partial charge < -0.3 is 10.1 Å². The Morgan fingerprint density at radius 3 is 2.61 bits per heavy atom. The molecule has 0 fully saturated rings. The van der Waals surface area contributed by atoms with E-state index in [1.165, 1.54) is 27.1 Å². The van der Waals surface area contributed by atoms with E-state index < -0.39 is 0 Å². The number of hydrogen-bond donors (Lipinski definition) is 1. The molecule has 0 aliphatic carbocycles. The topological polar surface area (TPSA) is 21.3 Å². The normalized spacial score (nSPS) is 11.2. The molecule has 0 bridgehead atoms. The van der Waals surface area contributed by atoms with Gasteiger partial charge in [0.25, 0.3) is 0 Å². The van der Waals surface area contributed by atoms with Crippen LogP contribution in [0.15, 0.2) is 48.5 Å². The van der Waals surface area contributed by atoms with Gasteiger partial charge in [-0.2, -0.15) is 0 Å². The molecule has 120 valence electrons. The summed E-state index contributed by atoms with van der Waals surface area (Å²) in [5, 5.41) is 8.32. The molecule has 0 unspecified atom stereocenters. The summed E-state index contributed by atoms with van der Waals surface area (Å²) in [5.74, 6) is 1.03. The van der Waals surface area contributed by atoms with Gasteiger partial charge in [0.1, 0.15) is 5.75 Å². The Labute approximate surface area is 138 Å². The number of unbranched alkanes of at least 4 members (excludes halogenated alkanes) is 1. The van der Waals surface area contributed by atoms with Crippen LogP contribution < -0.4 is 10.1 Å².